The standard InChI is InChI=1S/C11H14N6/c1-11(2-3-11)17-10(14-15-16-17)7-4-8(12)6-9(13)5-7/h4-6H,2-3,12-13H2,1H3. The molecule has 0 aliphatic heterocycles. The smallest absolute Gasteiger partial charge is 0.182 e. The van der Waals surface area contributed by atoms with Crippen molar-refractivity contribution < 1.29 is 0 Å². The van der Waals surface area contributed by atoms with E-state index in [1.165, 1.54) is 0 Å². The van der Waals surface area contributed by atoms with Gasteiger partial charge in [-0.1, -0.05) is 0 Å². The van der Waals surface area contributed by atoms with Crippen LogP contribution in [0.15, 0.2) is 18.2 Å². The van der Waals surface area contributed by atoms with Crippen molar-refractivity contribution in [2.24, 2.45) is 0 Å². The van der Waals surface area contributed by atoms with Gasteiger partial charge in [0.25, 0.3) is 0 Å². The normalized spacial score (nSPS) is 17.0. The lowest BCUT2D eigenvalue weighted by Crippen LogP contribution is -2.15. The van der Waals surface area contributed by atoms with Crippen LogP contribution in [0.25, 0.3) is 11.4 Å². The molecule has 2 aromatic rings. The van der Waals surface area contributed by atoms with Gasteiger partial charge in [0.2, 0.25) is 0 Å². The highest BCUT2D eigenvalue weighted by Gasteiger charge is 2.42. The fourth-order valence-electron chi connectivity index (χ4n) is 1.93. The van der Waals surface area contributed by atoms with Gasteiger partial charge in [-0.25, -0.2) is 4.68 Å². The van der Waals surface area contributed by atoms with Crippen LogP contribution in [0.1, 0.15) is 19.8 Å². The lowest BCUT2D eigenvalue weighted by molar-refractivity contribution is 0.463. The van der Waals surface area contributed by atoms with Crippen molar-refractivity contribution >= 4 is 11.4 Å². The number of aromatic nitrogens is 4. The maximum Gasteiger partial charge on any atom is 0.182 e. The van der Waals surface area contributed by atoms with Crippen LogP contribution in [0.2, 0.25) is 0 Å². The first kappa shape index (κ1) is 10.1. The van der Waals surface area contributed by atoms with Crippen molar-refractivity contribution in [3.05, 3.63) is 18.2 Å². The van der Waals surface area contributed by atoms with Crippen LogP contribution in [-0.2, 0) is 5.54 Å². The number of benzene rings is 1. The van der Waals surface area contributed by atoms with E-state index in [4.69, 9.17) is 11.5 Å². The minimum Gasteiger partial charge on any atom is -0.399 e. The monoisotopic (exact) mass is 230 g/mol. The van der Waals surface area contributed by atoms with Crippen LogP contribution in [-0.4, -0.2) is 20.2 Å². The number of hydrogen-bond donors (Lipinski definition) is 2. The molecule has 0 radical (unpaired) electrons. The summed E-state index contributed by atoms with van der Waals surface area (Å²) in [5, 5.41) is 11.9. The molecule has 1 heterocycles. The molecule has 0 bridgehead atoms. The predicted octanol–water partition coefficient (Wildman–Crippen LogP) is 1.01. The molecule has 3 rings (SSSR count). The largest absolute Gasteiger partial charge is 0.399 e. The third-order valence-corrected chi connectivity index (χ3v) is 3.19. The fourth-order valence-corrected chi connectivity index (χ4v) is 1.93. The molecule has 0 atom stereocenters. The van der Waals surface area contributed by atoms with E-state index in [0.717, 1.165) is 24.2 Å². The zero-order valence-corrected chi connectivity index (χ0v) is 9.59. The van der Waals surface area contributed by atoms with Crippen LogP contribution in [0.3, 0.4) is 0 Å². The molecule has 0 spiro atoms. The number of tetrazole rings is 1. The quantitative estimate of drug-likeness (QED) is 0.751. The van der Waals surface area contributed by atoms with Crippen molar-refractivity contribution in [3.63, 3.8) is 0 Å². The summed E-state index contributed by atoms with van der Waals surface area (Å²) < 4.78 is 1.86. The minimum atomic E-state index is 0.0538. The molecule has 0 amide bonds. The molecule has 1 saturated carbocycles. The van der Waals surface area contributed by atoms with E-state index in [-0.39, 0.29) is 5.54 Å². The van der Waals surface area contributed by atoms with E-state index < -0.39 is 0 Å². The molecule has 17 heavy (non-hydrogen) atoms. The number of rotatable bonds is 2. The summed E-state index contributed by atoms with van der Waals surface area (Å²) in [6, 6.07) is 5.39. The third kappa shape index (κ3) is 1.61. The summed E-state index contributed by atoms with van der Waals surface area (Å²) in [6.07, 6.45) is 2.20. The summed E-state index contributed by atoms with van der Waals surface area (Å²) >= 11 is 0. The van der Waals surface area contributed by atoms with Crippen molar-refractivity contribution in [2.45, 2.75) is 25.3 Å². The van der Waals surface area contributed by atoms with E-state index in [2.05, 4.69) is 22.4 Å². The second-order valence-corrected chi connectivity index (χ2v) is 4.80. The average Bonchev–Trinajstić information content (AvgIpc) is 2.81. The van der Waals surface area contributed by atoms with Crippen molar-refractivity contribution in [2.75, 3.05) is 11.5 Å². The SMILES string of the molecule is CC1(n2nnnc2-c2cc(N)cc(N)c2)CC1. The van der Waals surface area contributed by atoms with Gasteiger partial charge in [0.1, 0.15) is 0 Å². The van der Waals surface area contributed by atoms with E-state index >= 15 is 0 Å². The number of nitrogen functional groups attached to an aromatic ring is 2. The van der Waals surface area contributed by atoms with Crippen LogP contribution in [0.4, 0.5) is 11.4 Å². The molecule has 6 heteroatoms. The molecule has 1 aliphatic rings. The van der Waals surface area contributed by atoms with E-state index in [0.29, 0.717) is 11.4 Å². The number of hydrogen-bond acceptors (Lipinski definition) is 5. The molecular formula is C11H14N6. The lowest BCUT2D eigenvalue weighted by Gasteiger charge is -2.11. The van der Waals surface area contributed by atoms with Gasteiger partial charge in [0.15, 0.2) is 5.82 Å². The van der Waals surface area contributed by atoms with Crippen LogP contribution in [0, 0.1) is 0 Å². The number of nitrogens with zero attached hydrogens (tertiary/aromatic N) is 4. The van der Waals surface area contributed by atoms with Crippen molar-refractivity contribution in [3.8, 4) is 11.4 Å². The molecule has 1 fully saturated rings. The molecular weight excluding hydrogens is 216 g/mol. The molecule has 6 nitrogen and oxygen atoms in total. The maximum atomic E-state index is 5.78. The molecule has 1 aromatic carbocycles. The Labute approximate surface area is 98.6 Å². The first-order valence-corrected chi connectivity index (χ1v) is 5.54. The summed E-state index contributed by atoms with van der Waals surface area (Å²) in [5.41, 5.74) is 13.7. The van der Waals surface area contributed by atoms with Crippen molar-refractivity contribution in [1.82, 2.24) is 20.2 Å². The van der Waals surface area contributed by atoms with Crippen LogP contribution in [0.5, 0.6) is 0 Å². The average molecular weight is 230 g/mol. The lowest BCUT2D eigenvalue weighted by atomic mass is 10.1. The summed E-state index contributed by atoms with van der Waals surface area (Å²) in [6.45, 7) is 2.14. The summed E-state index contributed by atoms with van der Waals surface area (Å²) in [5.74, 6) is 0.726. The highest BCUT2D eigenvalue weighted by atomic mass is 15.6. The highest BCUT2D eigenvalue weighted by molar-refractivity contribution is 5.68. The predicted molar refractivity (Wildman–Crippen MR) is 65.0 cm³/mol. The van der Waals surface area contributed by atoms with Crippen molar-refractivity contribution in [1.29, 1.82) is 0 Å². The maximum absolute atomic E-state index is 5.78. The topological polar surface area (TPSA) is 95.6 Å². The van der Waals surface area contributed by atoms with Gasteiger partial charge in [0, 0.05) is 16.9 Å². The minimum absolute atomic E-state index is 0.0538. The molecule has 1 aromatic heterocycles. The third-order valence-electron chi connectivity index (χ3n) is 3.19. The number of anilines is 2. The Morgan fingerprint density at radius 3 is 2.41 bits per heavy atom. The zero-order valence-electron chi connectivity index (χ0n) is 9.59. The van der Waals surface area contributed by atoms with Crippen LogP contribution >= 0.6 is 0 Å². The van der Waals surface area contributed by atoms with Gasteiger partial charge >= 0.3 is 0 Å². The Kier molecular flexibility index (Phi) is 1.89. The van der Waals surface area contributed by atoms with Gasteiger partial charge in [-0.3, -0.25) is 0 Å². The molecule has 88 valence electrons. The Bertz CT molecular complexity index is 549. The van der Waals surface area contributed by atoms with E-state index in [9.17, 15) is 0 Å². The van der Waals surface area contributed by atoms with E-state index in [1.807, 2.05) is 16.8 Å². The summed E-state index contributed by atoms with van der Waals surface area (Å²) in [4.78, 5) is 0. The fraction of sp³-hybridized carbons (Fsp3) is 0.364. The second kappa shape index (κ2) is 3.19. The summed E-state index contributed by atoms with van der Waals surface area (Å²) in [7, 11) is 0. The first-order valence-electron chi connectivity index (χ1n) is 5.54. The van der Waals surface area contributed by atoms with E-state index in [1.54, 1.807) is 6.07 Å². The number of nitrogens with two attached hydrogens (primary N) is 2. The Morgan fingerprint density at radius 1 is 1.18 bits per heavy atom. The van der Waals surface area contributed by atoms with Crippen LogP contribution < -0.4 is 11.5 Å². The first-order chi connectivity index (χ1) is 8.08. The van der Waals surface area contributed by atoms with Gasteiger partial charge in [-0.05, 0) is 48.4 Å². The zero-order chi connectivity index (χ0) is 12.0. The molecule has 0 unspecified atom stereocenters. The Hall–Kier alpha value is -2.11. The molecule has 0 saturated heterocycles. The molecule has 4 N–H and O–H groups in total. The highest BCUT2D eigenvalue weighted by Crippen LogP contribution is 2.44. The Morgan fingerprint density at radius 2 is 1.82 bits per heavy atom. The molecule has 1 aliphatic carbocycles. The van der Waals surface area contributed by atoms with Gasteiger partial charge in [-0.15, -0.1) is 5.10 Å². The van der Waals surface area contributed by atoms with Gasteiger partial charge in [-0.2, -0.15) is 0 Å². The van der Waals surface area contributed by atoms with Gasteiger partial charge < -0.3 is 11.5 Å². The second-order valence-electron chi connectivity index (χ2n) is 4.80. The van der Waals surface area contributed by atoms with Gasteiger partial charge in [0.05, 0.1) is 5.54 Å². The Balaban J connectivity index is 2.12.